The van der Waals surface area contributed by atoms with E-state index in [0.29, 0.717) is 12.0 Å². The molecule has 1 aliphatic heterocycles. The predicted molar refractivity (Wildman–Crippen MR) is 85.4 cm³/mol. The minimum absolute atomic E-state index is 0.204. The summed E-state index contributed by atoms with van der Waals surface area (Å²) in [4.78, 5) is 13.5. The summed E-state index contributed by atoms with van der Waals surface area (Å²) in [6.45, 7) is 6.55. The Labute approximate surface area is 129 Å². The molecule has 1 amide bonds. The van der Waals surface area contributed by atoms with Crippen molar-refractivity contribution in [3.63, 3.8) is 0 Å². The summed E-state index contributed by atoms with van der Waals surface area (Å²) in [6.07, 6.45) is 2.16. The Morgan fingerprint density at radius 3 is 2.70 bits per heavy atom. The zero-order valence-corrected chi connectivity index (χ0v) is 13.8. The Kier molecular flexibility index (Phi) is 5.61. The van der Waals surface area contributed by atoms with E-state index in [1.165, 1.54) is 5.56 Å². The molecule has 4 heteroatoms. The van der Waals surface area contributed by atoms with Crippen LogP contribution in [0, 0.1) is 5.92 Å². The fraction of sp³-hybridized carbons (Fsp3) is 0.562. The lowest BCUT2D eigenvalue weighted by Gasteiger charge is -2.38. The van der Waals surface area contributed by atoms with Gasteiger partial charge in [-0.15, -0.1) is 0 Å². The largest absolute Gasteiger partial charge is 0.343 e. The number of benzene rings is 1. The van der Waals surface area contributed by atoms with Crippen molar-refractivity contribution >= 4 is 21.8 Å². The quantitative estimate of drug-likeness (QED) is 0.914. The number of rotatable bonds is 4. The minimum Gasteiger partial charge on any atom is -0.343 e. The Balaban J connectivity index is 1.89. The van der Waals surface area contributed by atoms with Crippen molar-refractivity contribution in [3.05, 3.63) is 34.3 Å². The van der Waals surface area contributed by atoms with Crippen LogP contribution in [-0.4, -0.2) is 29.9 Å². The Morgan fingerprint density at radius 1 is 1.40 bits per heavy atom. The Bertz CT molecular complexity index is 446. The number of amides is 1. The number of piperidine rings is 1. The van der Waals surface area contributed by atoms with Crippen molar-refractivity contribution < 1.29 is 4.79 Å². The maximum Gasteiger partial charge on any atom is 0.219 e. The van der Waals surface area contributed by atoms with Gasteiger partial charge in [0.2, 0.25) is 5.91 Å². The molecule has 3 nitrogen and oxygen atoms in total. The van der Waals surface area contributed by atoms with Gasteiger partial charge in [0.05, 0.1) is 0 Å². The molecule has 0 bridgehead atoms. The molecule has 110 valence electrons. The number of hydrogen-bond donors (Lipinski definition) is 1. The van der Waals surface area contributed by atoms with Crippen LogP contribution in [0.1, 0.15) is 32.3 Å². The third kappa shape index (κ3) is 4.06. The maximum absolute atomic E-state index is 11.5. The summed E-state index contributed by atoms with van der Waals surface area (Å²) in [7, 11) is 0. The summed E-state index contributed by atoms with van der Waals surface area (Å²) < 4.78 is 1.11. The molecule has 2 atom stereocenters. The first-order valence-corrected chi connectivity index (χ1v) is 8.12. The van der Waals surface area contributed by atoms with Crippen LogP contribution in [0.4, 0.5) is 0 Å². The lowest BCUT2D eigenvalue weighted by molar-refractivity contribution is -0.131. The number of nitrogens with zero attached hydrogens (tertiary/aromatic N) is 1. The van der Waals surface area contributed by atoms with Crippen LogP contribution in [-0.2, 0) is 11.3 Å². The molecule has 1 aliphatic rings. The van der Waals surface area contributed by atoms with E-state index in [1.54, 1.807) is 6.92 Å². The molecule has 1 aromatic carbocycles. The highest BCUT2D eigenvalue weighted by atomic mass is 79.9. The van der Waals surface area contributed by atoms with Gasteiger partial charge in [-0.2, -0.15) is 0 Å². The molecule has 0 radical (unpaired) electrons. The topological polar surface area (TPSA) is 32.3 Å². The van der Waals surface area contributed by atoms with Crippen LogP contribution in [0.5, 0.6) is 0 Å². The van der Waals surface area contributed by atoms with Crippen molar-refractivity contribution in [2.24, 2.45) is 5.92 Å². The molecule has 0 aromatic heterocycles. The SMILES string of the molecule is CC[C@@H]1CN(C(C)=O)CC[C@@H]1NCc1ccc(Br)cc1. The van der Waals surface area contributed by atoms with E-state index in [2.05, 4.69) is 52.4 Å². The Morgan fingerprint density at radius 2 is 2.10 bits per heavy atom. The fourth-order valence-electron chi connectivity index (χ4n) is 2.85. The zero-order chi connectivity index (χ0) is 14.5. The zero-order valence-electron chi connectivity index (χ0n) is 12.2. The van der Waals surface area contributed by atoms with Gasteiger partial charge >= 0.3 is 0 Å². The first-order valence-electron chi connectivity index (χ1n) is 7.33. The van der Waals surface area contributed by atoms with E-state index >= 15 is 0 Å². The summed E-state index contributed by atoms with van der Waals surface area (Å²) in [6, 6.07) is 8.95. The lowest BCUT2D eigenvalue weighted by Crippen LogP contribution is -2.50. The summed E-state index contributed by atoms with van der Waals surface area (Å²) >= 11 is 3.46. The molecule has 2 rings (SSSR count). The van der Waals surface area contributed by atoms with E-state index in [0.717, 1.165) is 36.9 Å². The molecule has 1 heterocycles. The van der Waals surface area contributed by atoms with Gasteiger partial charge in [0.1, 0.15) is 0 Å². The number of carbonyl (C=O) groups excluding carboxylic acids is 1. The molecular formula is C16H23BrN2O. The maximum atomic E-state index is 11.5. The molecule has 20 heavy (non-hydrogen) atoms. The van der Waals surface area contributed by atoms with E-state index in [1.807, 2.05) is 4.90 Å². The Hall–Kier alpha value is -0.870. The molecule has 1 fully saturated rings. The predicted octanol–water partition coefficient (Wildman–Crippen LogP) is 3.19. The molecule has 0 aliphatic carbocycles. The molecule has 0 unspecified atom stereocenters. The monoisotopic (exact) mass is 338 g/mol. The standard InChI is InChI=1S/C16H23BrN2O/c1-3-14-11-19(12(2)20)9-8-16(14)18-10-13-4-6-15(17)7-5-13/h4-7,14,16,18H,3,8-11H2,1-2H3/t14-,16+/m1/s1. The number of halogens is 1. The smallest absolute Gasteiger partial charge is 0.219 e. The molecular weight excluding hydrogens is 316 g/mol. The van der Waals surface area contributed by atoms with Gasteiger partial charge in [-0.25, -0.2) is 0 Å². The molecule has 0 spiro atoms. The molecule has 0 saturated carbocycles. The van der Waals surface area contributed by atoms with E-state index in [-0.39, 0.29) is 5.91 Å². The molecule has 1 N–H and O–H groups in total. The molecule has 1 aromatic rings. The summed E-state index contributed by atoms with van der Waals surface area (Å²) in [5.41, 5.74) is 1.30. The van der Waals surface area contributed by atoms with Crippen LogP contribution >= 0.6 is 15.9 Å². The highest BCUT2D eigenvalue weighted by Gasteiger charge is 2.28. The van der Waals surface area contributed by atoms with Crippen molar-refractivity contribution in [2.75, 3.05) is 13.1 Å². The van der Waals surface area contributed by atoms with Crippen molar-refractivity contribution in [1.82, 2.24) is 10.2 Å². The highest BCUT2D eigenvalue weighted by molar-refractivity contribution is 9.10. The number of hydrogen-bond acceptors (Lipinski definition) is 2. The minimum atomic E-state index is 0.204. The highest BCUT2D eigenvalue weighted by Crippen LogP contribution is 2.21. The van der Waals surface area contributed by atoms with Gasteiger partial charge in [-0.1, -0.05) is 41.4 Å². The van der Waals surface area contributed by atoms with Crippen LogP contribution in [0.25, 0.3) is 0 Å². The van der Waals surface area contributed by atoms with Gasteiger partial charge in [0.15, 0.2) is 0 Å². The van der Waals surface area contributed by atoms with Gasteiger partial charge in [0.25, 0.3) is 0 Å². The second-order valence-electron chi connectivity index (χ2n) is 5.54. The average Bonchev–Trinajstić information content (AvgIpc) is 2.46. The number of likely N-dealkylation sites (tertiary alicyclic amines) is 1. The normalized spacial score (nSPS) is 22.9. The van der Waals surface area contributed by atoms with E-state index in [9.17, 15) is 4.79 Å². The van der Waals surface area contributed by atoms with Crippen LogP contribution in [0.2, 0.25) is 0 Å². The summed E-state index contributed by atoms with van der Waals surface area (Å²) in [5.74, 6) is 0.762. The van der Waals surface area contributed by atoms with Gasteiger partial charge in [0, 0.05) is 37.1 Å². The first kappa shape index (κ1) is 15.5. The fourth-order valence-corrected chi connectivity index (χ4v) is 3.12. The summed E-state index contributed by atoms with van der Waals surface area (Å²) in [5, 5.41) is 3.66. The van der Waals surface area contributed by atoms with Crippen LogP contribution < -0.4 is 5.32 Å². The van der Waals surface area contributed by atoms with E-state index < -0.39 is 0 Å². The van der Waals surface area contributed by atoms with Crippen LogP contribution in [0.3, 0.4) is 0 Å². The third-order valence-electron chi connectivity index (χ3n) is 4.19. The van der Waals surface area contributed by atoms with E-state index in [4.69, 9.17) is 0 Å². The van der Waals surface area contributed by atoms with Crippen molar-refractivity contribution in [2.45, 2.75) is 39.3 Å². The van der Waals surface area contributed by atoms with Gasteiger partial charge in [-0.05, 0) is 30.0 Å². The lowest BCUT2D eigenvalue weighted by atomic mass is 9.89. The van der Waals surface area contributed by atoms with Crippen molar-refractivity contribution in [3.8, 4) is 0 Å². The van der Waals surface area contributed by atoms with Crippen molar-refractivity contribution in [1.29, 1.82) is 0 Å². The molecule has 1 saturated heterocycles. The number of nitrogens with one attached hydrogen (secondary N) is 1. The third-order valence-corrected chi connectivity index (χ3v) is 4.71. The second kappa shape index (κ2) is 7.23. The van der Waals surface area contributed by atoms with Gasteiger partial charge in [-0.3, -0.25) is 4.79 Å². The van der Waals surface area contributed by atoms with Crippen LogP contribution in [0.15, 0.2) is 28.7 Å². The number of carbonyl (C=O) groups is 1. The average molecular weight is 339 g/mol. The van der Waals surface area contributed by atoms with Gasteiger partial charge < -0.3 is 10.2 Å². The first-order chi connectivity index (χ1) is 9.60. The second-order valence-corrected chi connectivity index (χ2v) is 6.45.